The third-order valence-electron chi connectivity index (χ3n) is 3.04. The van der Waals surface area contributed by atoms with Gasteiger partial charge in [-0.2, -0.15) is 0 Å². The number of rotatable bonds is 3. The number of aromatic hydroxyl groups is 1. The van der Waals surface area contributed by atoms with E-state index in [1.165, 1.54) is 13.1 Å². The molecule has 6 heteroatoms. The van der Waals surface area contributed by atoms with Gasteiger partial charge in [0.05, 0.1) is 11.3 Å². The Bertz CT molecular complexity index is 670. The minimum absolute atomic E-state index is 0.115. The maximum Gasteiger partial charge on any atom is 0.253 e. The van der Waals surface area contributed by atoms with E-state index in [0.29, 0.717) is 17.0 Å². The molecule has 0 aliphatic carbocycles. The SMILES string of the molecule is C=Nc1c(O)cc(-c2c(C)noc2C)cc1C(=O)NC. The largest absolute Gasteiger partial charge is 0.506 e. The molecule has 0 bridgehead atoms. The summed E-state index contributed by atoms with van der Waals surface area (Å²) in [6.07, 6.45) is 0. The van der Waals surface area contributed by atoms with Crippen molar-refractivity contribution < 1.29 is 14.4 Å². The first-order valence-corrected chi connectivity index (χ1v) is 5.98. The van der Waals surface area contributed by atoms with Gasteiger partial charge in [0, 0.05) is 12.6 Å². The van der Waals surface area contributed by atoms with Crippen molar-refractivity contribution in [1.29, 1.82) is 0 Å². The first kappa shape index (κ1) is 13.8. The van der Waals surface area contributed by atoms with Crippen LogP contribution in [-0.4, -0.2) is 29.9 Å². The number of phenolic OH excluding ortho intramolecular Hbond substituents is 1. The molecule has 0 unspecified atom stereocenters. The average Bonchev–Trinajstić information content (AvgIpc) is 2.76. The number of benzene rings is 1. The molecule has 6 nitrogen and oxygen atoms in total. The molecule has 2 aromatic rings. The van der Waals surface area contributed by atoms with Gasteiger partial charge in [-0.05, 0) is 38.3 Å². The molecule has 0 saturated heterocycles. The van der Waals surface area contributed by atoms with Crippen molar-refractivity contribution in [3.63, 3.8) is 0 Å². The number of nitrogens with one attached hydrogen (secondary N) is 1. The van der Waals surface area contributed by atoms with Crippen molar-refractivity contribution >= 4 is 18.3 Å². The van der Waals surface area contributed by atoms with E-state index >= 15 is 0 Å². The Labute approximate surface area is 116 Å². The Morgan fingerprint density at radius 1 is 1.45 bits per heavy atom. The third-order valence-corrected chi connectivity index (χ3v) is 3.04. The number of aryl methyl sites for hydroxylation is 2. The quantitative estimate of drug-likeness (QED) is 0.840. The van der Waals surface area contributed by atoms with Gasteiger partial charge in [0.25, 0.3) is 5.91 Å². The fraction of sp³-hybridized carbons (Fsp3) is 0.214. The van der Waals surface area contributed by atoms with E-state index in [0.717, 1.165) is 5.56 Å². The van der Waals surface area contributed by atoms with Crippen LogP contribution in [0.1, 0.15) is 21.8 Å². The predicted octanol–water partition coefficient (Wildman–Crippen LogP) is 2.36. The molecule has 0 fully saturated rings. The molecule has 0 aliphatic heterocycles. The molecule has 2 rings (SSSR count). The molecule has 0 spiro atoms. The summed E-state index contributed by atoms with van der Waals surface area (Å²) in [5.74, 6) is 0.150. The van der Waals surface area contributed by atoms with Crippen molar-refractivity contribution in [3.8, 4) is 16.9 Å². The summed E-state index contributed by atoms with van der Waals surface area (Å²) in [4.78, 5) is 15.6. The standard InChI is InChI=1S/C14H15N3O3/c1-7-12(8(2)20-17-7)9-5-10(14(19)16-4)13(15-3)11(18)6-9/h5-6,18H,3H2,1-2,4H3,(H,16,19). The predicted molar refractivity (Wildman–Crippen MR) is 75.7 cm³/mol. The molecule has 104 valence electrons. The zero-order chi connectivity index (χ0) is 14.9. The number of aromatic nitrogens is 1. The minimum atomic E-state index is -0.351. The summed E-state index contributed by atoms with van der Waals surface area (Å²) in [6, 6.07) is 3.15. The molecule has 0 aliphatic rings. The number of aliphatic imine (C=N–C) groups is 1. The van der Waals surface area contributed by atoms with Crippen LogP contribution in [0.4, 0.5) is 5.69 Å². The van der Waals surface area contributed by atoms with Gasteiger partial charge >= 0.3 is 0 Å². The second-order valence-corrected chi connectivity index (χ2v) is 4.33. The van der Waals surface area contributed by atoms with Gasteiger partial charge in [0.2, 0.25) is 0 Å². The van der Waals surface area contributed by atoms with Gasteiger partial charge in [-0.1, -0.05) is 5.16 Å². The number of carbonyl (C=O) groups excluding carboxylic acids is 1. The molecule has 1 aromatic heterocycles. The average molecular weight is 273 g/mol. The number of phenols is 1. The van der Waals surface area contributed by atoms with Crippen molar-refractivity contribution in [2.24, 2.45) is 4.99 Å². The van der Waals surface area contributed by atoms with Crippen LogP contribution < -0.4 is 5.32 Å². The molecular formula is C14H15N3O3. The third kappa shape index (κ3) is 2.16. The summed E-state index contributed by atoms with van der Waals surface area (Å²) in [5, 5.41) is 16.4. The fourth-order valence-electron chi connectivity index (χ4n) is 2.13. The van der Waals surface area contributed by atoms with Gasteiger partial charge in [0.15, 0.2) is 0 Å². The van der Waals surface area contributed by atoms with Gasteiger partial charge in [-0.25, -0.2) is 0 Å². The molecule has 1 heterocycles. The van der Waals surface area contributed by atoms with Crippen molar-refractivity contribution in [2.45, 2.75) is 13.8 Å². The summed E-state index contributed by atoms with van der Waals surface area (Å²) in [5.41, 5.74) is 2.48. The van der Waals surface area contributed by atoms with Crippen LogP contribution in [0.25, 0.3) is 11.1 Å². The Balaban J connectivity index is 2.71. The van der Waals surface area contributed by atoms with Crippen LogP contribution in [0.2, 0.25) is 0 Å². The van der Waals surface area contributed by atoms with E-state index < -0.39 is 0 Å². The van der Waals surface area contributed by atoms with E-state index in [2.05, 4.69) is 22.2 Å². The van der Waals surface area contributed by atoms with E-state index in [1.54, 1.807) is 19.9 Å². The molecular weight excluding hydrogens is 258 g/mol. The highest BCUT2D eigenvalue weighted by molar-refractivity contribution is 6.02. The van der Waals surface area contributed by atoms with E-state index in [-0.39, 0.29) is 22.9 Å². The maximum atomic E-state index is 11.9. The highest BCUT2D eigenvalue weighted by Crippen LogP contribution is 2.37. The lowest BCUT2D eigenvalue weighted by Gasteiger charge is -2.09. The summed E-state index contributed by atoms with van der Waals surface area (Å²) in [7, 11) is 1.51. The molecule has 1 aromatic carbocycles. The normalized spacial score (nSPS) is 10.3. The van der Waals surface area contributed by atoms with Crippen molar-refractivity contribution in [3.05, 3.63) is 29.2 Å². The zero-order valence-corrected chi connectivity index (χ0v) is 11.5. The highest BCUT2D eigenvalue weighted by atomic mass is 16.5. The first-order valence-electron chi connectivity index (χ1n) is 5.98. The van der Waals surface area contributed by atoms with Gasteiger partial charge in [-0.3, -0.25) is 9.79 Å². The zero-order valence-electron chi connectivity index (χ0n) is 11.5. The van der Waals surface area contributed by atoms with Crippen LogP contribution in [0.5, 0.6) is 5.75 Å². The lowest BCUT2D eigenvalue weighted by Crippen LogP contribution is -2.18. The lowest BCUT2D eigenvalue weighted by molar-refractivity contribution is 0.0963. The Kier molecular flexibility index (Phi) is 3.56. The van der Waals surface area contributed by atoms with Crippen molar-refractivity contribution in [1.82, 2.24) is 10.5 Å². The second-order valence-electron chi connectivity index (χ2n) is 4.33. The van der Waals surface area contributed by atoms with Crippen LogP contribution in [0, 0.1) is 13.8 Å². The lowest BCUT2D eigenvalue weighted by atomic mass is 9.99. The molecule has 0 atom stereocenters. The smallest absolute Gasteiger partial charge is 0.253 e. The summed E-state index contributed by atoms with van der Waals surface area (Å²) in [6.45, 7) is 6.94. The number of nitrogens with zero attached hydrogens (tertiary/aromatic N) is 2. The summed E-state index contributed by atoms with van der Waals surface area (Å²) < 4.78 is 5.10. The van der Waals surface area contributed by atoms with Crippen molar-refractivity contribution in [2.75, 3.05) is 7.05 Å². The molecule has 0 saturated carbocycles. The van der Waals surface area contributed by atoms with E-state index in [9.17, 15) is 9.90 Å². The Morgan fingerprint density at radius 2 is 2.15 bits per heavy atom. The number of amides is 1. The van der Waals surface area contributed by atoms with Gasteiger partial charge in [0.1, 0.15) is 17.2 Å². The van der Waals surface area contributed by atoms with Gasteiger partial charge in [-0.15, -0.1) is 0 Å². The minimum Gasteiger partial charge on any atom is -0.506 e. The highest BCUT2D eigenvalue weighted by Gasteiger charge is 2.19. The number of carbonyl (C=O) groups is 1. The van der Waals surface area contributed by atoms with Crippen LogP contribution >= 0.6 is 0 Å². The Hall–Kier alpha value is -2.63. The van der Waals surface area contributed by atoms with E-state index in [4.69, 9.17) is 4.52 Å². The fourth-order valence-corrected chi connectivity index (χ4v) is 2.13. The summed E-state index contributed by atoms with van der Waals surface area (Å²) >= 11 is 0. The monoisotopic (exact) mass is 273 g/mol. The van der Waals surface area contributed by atoms with E-state index in [1.807, 2.05) is 0 Å². The number of hydrogen-bond acceptors (Lipinski definition) is 5. The molecule has 2 N–H and O–H groups in total. The second kappa shape index (κ2) is 5.16. The van der Waals surface area contributed by atoms with Crippen LogP contribution in [0.3, 0.4) is 0 Å². The first-order chi connectivity index (χ1) is 9.49. The molecule has 20 heavy (non-hydrogen) atoms. The maximum absolute atomic E-state index is 11.9. The topological polar surface area (TPSA) is 87.7 Å². The molecule has 1 amide bonds. The Morgan fingerprint density at radius 3 is 2.65 bits per heavy atom. The molecule has 0 radical (unpaired) electrons. The van der Waals surface area contributed by atoms with Crippen LogP contribution in [0.15, 0.2) is 21.6 Å². The number of hydrogen-bond donors (Lipinski definition) is 2. The van der Waals surface area contributed by atoms with Crippen LogP contribution in [-0.2, 0) is 0 Å². The van der Waals surface area contributed by atoms with Gasteiger partial charge < -0.3 is 14.9 Å².